The van der Waals surface area contributed by atoms with Crippen molar-refractivity contribution >= 4 is 22.7 Å². The molecule has 2 N–H and O–H groups in total. The summed E-state index contributed by atoms with van der Waals surface area (Å²) in [6.45, 7) is 5.93. The molecule has 0 amide bonds. The lowest BCUT2D eigenvalue weighted by molar-refractivity contribution is 0.621. The molecule has 2 rings (SSSR count). The first-order chi connectivity index (χ1) is 11.8. The first-order valence-electron chi connectivity index (χ1n) is 8.52. The summed E-state index contributed by atoms with van der Waals surface area (Å²) in [5.74, 6) is 7.28. The molecule has 1 atom stereocenters. The van der Waals surface area contributed by atoms with Crippen molar-refractivity contribution in [1.82, 2.24) is 10.0 Å². The smallest absolute Gasteiger partial charge is 0.0674 e. The van der Waals surface area contributed by atoms with Crippen molar-refractivity contribution in [3.05, 3.63) is 60.2 Å². The van der Waals surface area contributed by atoms with Gasteiger partial charge < -0.3 is 5.32 Å². The summed E-state index contributed by atoms with van der Waals surface area (Å²) in [6.07, 6.45) is 5.19. The molecule has 0 heterocycles. The fourth-order valence-corrected chi connectivity index (χ4v) is 2.99. The van der Waals surface area contributed by atoms with Gasteiger partial charge >= 0.3 is 0 Å². The molecule has 0 saturated carbocycles. The predicted molar refractivity (Wildman–Crippen MR) is 108 cm³/mol. The van der Waals surface area contributed by atoms with E-state index in [4.69, 9.17) is 0 Å². The zero-order chi connectivity index (χ0) is 17.0. The van der Waals surface area contributed by atoms with Gasteiger partial charge in [-0.3, -0.25) is 4.72 Å². The normalized spacial score (nSPS) is 12.2. The van der Waals surface area contributed by atoms with Gasteiger partial charge in [0.05, 0.1) is 6.54 Å². The van der Waals surface area contributed by atoms with Gasteiger partial charge in [-0.15, -0.1) is 0 Å². The number of nitrogens with one attached hydrogen (secondary N) is 2. The van der Waals surface area contributed by atoms with E-state index in [-0.39, 0.29) is 0 Å². The molecular weight excluding hydrogens is 312 g/mol. The molecule has 24 heavy (non-hydrogen) atoms. The maximum Gasteiger partial charge on any atom is 0.0674 e. The van der Waals surface area contributed by atoms with Crippen LogP contribution in [0.25, 0.3) is 10.8 Å². The van der Waals surface area contributed by atoms with Crippen LogP contribution >= 0.6 is 11.9 Å². The summed E-state index contributed by atoms with van der Waals surface area (Å²) in [7, 11) is 0. The van der Waals surface area contributed by atoms with Gasteiger partial charge in [0, 0.05) is 18.3 Å². The highest BCUT2D eigenvalue weighted by molar-refractivity contribution is 7.97. The van der Waals surface area contributed by atoms with Gasteiger partial charge in [0.1, 0.15) is 0 Å². The minimum atomic E-state index is 0.306. The highest BCUT2D eigenvalue weighted by Gasteiger charge is 2.07. The Hall–Kier alpha value is -1.73. The van der Waals surface area contributed by atoms with Gasteiger partial charge in [0.25, 0.3) is 0 Å². The molecule has 0 aliphatic carbocycles. The molecule has 0 aliphatic heterocycles. The van der Waals surface area contributed by atoms with Crippen molar-refractivity contribution in [2.75, 3.05) is 18.8 Å². The summed E-state index contributed by atoms with van der Waals surface area (Å²) < 4.78 is 3.23. The van der Waals surface area contributed by atoms with Crippen LogP contribution in [-0.2, 0) is 0 Å². The largest absolute Gasteiger partial charge is 0.307 e. The molecule has 0 spiro atoms. The summed E-state index contributed by atoms with van der Waals surface area (Å²) in [4.78, 5) is 0. The van der Waals surface area contributed by atoms with Crippen LogP contribution in [-0.4, -0.2) is 18.8 Å². The van der Waals surface area contributed by atoms with E-state index in [9.17, 15) is 0 Å². The Bertz CT molecular complexity index is 707. The molecule has 0 saturated heterocycles. The Morgan fingerprint density at radius 2 is 2.00 bits per heavy atom. The quantitative estimate of drug-likeness (QED) is 0.414. The first-order valence-corrected chi connectivity index (χ1v) is 9.50. The number of hydrogen-bond acceptors (Lipinski definition) is 3. The molecule has 0 aromatic heterocycles. The highest BCUT2D eigenvalue weighted by Crippen LogP contribution is 2.23. The topological polar surface area (TPSA) is 24.1 Å². The second-order valence-electron chi connectivity index (χ2n) is 5.59. The minimum Gasteiger partial charge on any atom is -0.307 e. The minimum absolute atomic E-state index is 0.306. The third kappa shape index (κ3) is 6.05. The second kappa shape index (κ2) is 10.9. The molecule has 2 nitrogen and oxygen atoms in total. The fourth-order valence-electron chi connectivity index (χ4n) is 2.47. The van der Waals surface area contributed by atoms with Crippen LogP contribution in [0.2, 0.25) is 0 Å². The molecule has 3 heteroatoms. The standard InChI is InChI=1S/C21H26N2S/c1-3-17-24-23-16-9-5-4-8-15-22-18(2)20-14-10-12-19-11-6-7-13-21(19)20/h4,6-8,10-14,18,22-23H,3,15-17H2,1-2H3/b8-4+. The van der Waals surface area contributed by atoms with Crippen LogP contribution in [0.4, 0.5) is 0 Å². The molecular formula is C21H26N2S. The Morgan fingerprint density at radius 1 is 1.17 bits per heavy atom. The van der Waals surface area contributed by atoms with E-state index in [0.29, 0.717) is 6.04 Å². The Morgan fingerprint density at radius 3 is 2.88 bits per heavy atom. The van der Waals surface area contributed by atoms with Gasteiger partial charge in [-0.2, -0.15) is 0 Å². The SMILES string of the molecule is CCCSNCC#C/C=C/CNC(C)c1cccc2ccccc12. The lowest BCUT2D eigenvalue weighted by Crippen LogP contribution is -2.18. The number of hydrogen-bond donors (Lipinski definition) is 2. The van der Waals surface area contributed by atoms with Crippen molar-refractivity contribution in [3.8, 4) is 11.8 Å². The van der Waals surface area contributed by atoms with E-state index in [1.54, 1.807) is 11.9 Å². The zero-order valence-electron chi connectivity index (χ0n) is 14.5. The molecule has 0 radical (unpaired) electrons. The van der Waals surface area contributed by atoms with E-state index in [1.165, 1.54) is 22.8 Å². The number of fused-ring (bicyclic) bond motifs is 1. The maximum atomic E-state index is 3.54. The van der Waals surface area contributed by atoms with E-state index < -0.39 is 0 Å². The van der Waals surface area contributed by atoms with Crippen molar-refractivity contribution in [2.24, 2.45) is 0 Å². The van der Waals surface area contributed by atoms with Gasteiger partial charge in [0.2, 0.25) is 0 Å². The lowest BCUT2D eigenvalue weighted by Gasteiger charge is -2.15. The van der Waals surface area contributed by atoms with E-state index in [1.807, 2.05) is 6.08 Å². The Balaban J connectivity index is 1.78. The lowest BCUT2D eigenvalue weighted by atomic mass is 10.00. The van der Waals surface area contributed by atoms with Crippen molar-refractivity contribution < 1.29 is 0 Å². The molecule has 1 unspecified atom stereocenters. The van der Waals surface area contributed by atoms with E-state index in [2.05, 4.69) is 84.3 Å². The van der Waals surface area contributed by atoms with Crippen molar-refractivity contribution in [3.63, 3.8) is 0 Å². The van der Waals surface area contributed by atoms with Crippen LogP contribution in [0, 0.1) is 11.8 Å². The molecule has 126 valence electrons. The zero-order valence-corrected chi connectivity index (χ0v) is 15.3. The molecule has 0 aliphatic rings. The number of benzene rings is 2. The maximum absolute atomic E-state index is 3.54. The number of allylic oxidation sites excluding steroid dienone is 1. The van der Waals surface area contributed by atoms with Crippen molar-refractivity contribution in [1.29, 1.82) is 0 Å². The third-order valence-electron chi connectivity index (χ3n) is 3.70. The van der Waals surface area contributed by atoms with Gasteiger partial charge in [-0.25, -0.2) is 0 Å². The second-order valence-corrected chi connectivity index (χ2v) is 6.58. The van der Waals surface area contributed by atoms with Crippen LogP contribution in [0.5, 0.6) is 0 Å². The van der Waals surface area contributed by atoms with Gasteiger partial charge in [-0.05, 0) is 35.8 Å². The monoisotopic (exact) mass is 338 g/mol. The summed E-state index contributed by atoms with van der Waals surface area (Å²) in [5.41, 5.74) is 1.34. The van der Waals surface area contributed by atoms with Gasteiger partial charge in [-0.1, -0.05) is 79.3 Å². The van der Waals surface area contributed by atoms with Crippen molar-refractivity contribution in [2.45, 2.75) is 26.3 Å². The Labute approximate surface area is 150 Å². The highest BCUT2D eigenvalue weighted by atomic mass is 32.2. The van der Waals surface area contributed by atoms with Crippen LogP contribution in [0.15, 0.2) is 54.6 Å². The average Bonchev–Trinajstić information content (AvgIpc) is 2.62. The third-order valence-corrected chi connectivity index (χ3v) is 4.66. The van der Waals surface area contributed by atoms with Crippen LogP contribution < -0.4 is 10.0 Å². The number of rotatable bonds is 8. The molecule has 0 bridgehead atoms. The van der Waals surface area contributed by atoms with Crippen LogP contribution in [0.1, 0.15) is 31.9 Å². The van der Waals surface area contributed by atoms with Gasteiger partial charge in [0.15, 0.2) is 0 Å². The summed E-state index contributed by atoms with van der Waals surface area (Å²) in [6, 6.07) is 15.3. The summed E-state index contributed by atoms with van der Waals surface area (Å²) in [5, 5.41) is 6.14. The average molecular weight is 339 g/mol. The predicted octanol–water partition coefficient (Wildman–Crippen LogP) is 4.70. The Kier molecular flexibility index (Phi) is 8.48. The van der Waals surface area contributed by atoms with Crippen LogP contribution in [0.3, 0.4) is 0 Å². The summed E-state index contributed by atoms with van der Waals surface area (Å²) >= 11 is 1.73. The first kappa shape index (κ1) is 18.6. The fraction of sp³-hybridized carbons (Fsp3) is 0.333. The van der Waals surface area contributed by atoms with E-state index in [0.717, 1.165) is 18.8 Å². The molecule has 2 aromatic rings. The molecule has 0 fully saturated rings. The molecule has 2 aromatic carbocycles. The van der Waals surface area contributed by atoms with E-state index >= 15 is 0 Å².